The third kappa shape index (κ3) is 2.35. The van der Waals surface area contributed by atoms with Crippen molar-refractivity contribution in [2.45, 2.75) is 39.2 Å². The van der Waals surface area contributed by atoms with Gasteiger partial charge in [0.05, 0.1) is 7.11 Å². The lowest BCUT2D eigenvalue weighted by Crippen LogP contribution is -2.25. The number of hydrogen-bond acceptors (Lipinski definition) is 3. The van der Waals surface area contributed by atoms with Crippen molar-refractivity contribution in [1.82, 2.24) is 9.55 Å². The van der Waals surface area contributed by atoms with Crippen LogP contribution in [-0.2, 0) is 14.9 Å². The first-order valence-electron chi connectivity index (χ1n) is 5.17. The van der Waals surface area contributed by atoms with Crippen LogP contribution in [-0.4, -0.2) is 22.6 Å². The van der Waals surface area contributed by atoms with Crippen LogP contribution in [0.15, 0.2) is 6.20 Å². The van der Waals surface area contributed by atoms with Gasteiger partial charge in [-0.2, -0.15) is 0 Å². The zero-order valence-corrected chi connectivity index (χ0v) is 11.1. The van der Waals surface area contributed by atoms with Crippen molar-refractivity contribution in [2.75, 3.05) is 7.11 Å². The summed E-state index contributed by atoms with van der Waals surface area (Å²) in [5, 5.41) is 0. The van der Waals surface area contributed by atoms with Crippen molar-refractivity contribution in [1.29, 1.82) is 0 Å². The molecule has 0 saturated heterocycles. The van der Waals surface area contributed by atoms with Crippen LogP contribution in [0, 0.1) is 4.77 Å². The van der Waals surface area contributed by atoms with E-state index in [4.69, 9.17) is 17.0 Å². The van der Waals surface area contributed by atoms with Gasteiger partial charge in [-0.25, -0.2) is 4.79 Å². The van der Waals surface area contributed by atoms with Crippen molar-refractivity contribution in [3.8, 4) is 0 Å². The lowest BCUT2D eigenvalue weighted by molar-refractivity contribution is -0.144. The van der Waals surface area contributed by atoms with Crippen LogP contribution in [0.3, 0.4) is 0 Å². The molecule has 1 unspecified atom stereocenters. The van der Waals surface area contributed by atoms with Crippen molar-refractivity contribution in [3.63, 3.8) is 0 Å². The molecule has 0 aliphatic heterocycles. The Morgan fingerprint density at radius 3 is 2.56 bits per heavy atom. The van der Waals surface area contributed by atoms with Crippen LogP contribution >= 0.6 is 12.2 Å². The number of rotatable bonds is 2. The van der Waals surface area contributed by atoms with Gasteiger partial charge < -0.3 is 14.3 Å². The van der Waals surface area contributed by atoms with E-state index in [1.165, 1.54) is 7.11 Å². The molecule has 0 amide bonds. The second-order valence-electron chi connectivity index (χ2n) is 4.80. The number of nitrogens with zero attached hydrogens (tertiary/aromatic N) is 1. The molecule has 1 aromatic rings. The molecule has 0 bridgehead atoms. The van der Waals surface area contributed by atoms with E-state index in [-0.39, 0.29) is 11.4 Å². The molecule has 0 aliphatic carbocycles. The summed E-state index contributed by atoms with van der Waals surface area (Å²) in [7, 11) is 1.38. The largest absolute Gasteiger partial charge is 0.467 e. The number of imidazole rings is 1. The predicted octanol–water partition coefficient (Wildman–Crippen LogP) is 2.58. The normalized spacial score (nSPS) is 13.6. The smallest absolute Gasteiger partial charge is 0.328 e. The van der Waals surface area contributed by atoms with E-state index in [2.05, 4.69) is 25.8 Å². The number of H-pyrrole nitrogens is 1. The number of esters is 1. The standard InChI is InChI=1S/C11H18N2O2S/c1-7(9(14)15-5)13-8(11(2,3)4)6-12-10(13)16/h6-7H,1-5H3,(H,12,16). The third-order valence-electron chi connectivity index (χ3n) is 2.51. The van der Waals surface area contributed by atoms with Crippen LogP contribution in [0.4, 0.5) is 0 Å². The highest BCUT2D eigenvalue weighted by atomic mass is 32.1. The Balaban J connectivity index is 3.28. The number of carbonyl (C=O) groups excluding carboxylic acids is 1. The monoisotopic (exact) mass is 242 g/mol. The first-order chi connectivity index (χ1) is 7.29. The highest BCUT2D eigenvalue weighted by molar-refractivity contribution is 7.71. The highest BCUT2D eigenvalue weighted by Crippen LogP contribution is 2.25. The average Bonchev–Trinajstić information content (AvgIpc) is 2.57. The number of aromatic amines is 1. The van der Waals surface area contributed by atoms with E-state index in [9.17, 15) is 4.79 Å². The maximum atomic E-state index is 11.5. The lowest BCUT2D eigenvalue weighted by Gasteiger charge is -2.23. The molecule has 1 N–H and O–H groups in total. The Hall–Kier alpha value is -1.10. The molecule has 4 nitrogen and oxygen atoms in total. The highest BCUT2D eigenvalue weighted by Gasteiger charge is 2.25. The van der Waals surface area contributed by atoms with Gasteiger partial charge >= 0.3 is 5.97 Å². The van der Waals surface area contributed by atoms with Crippen LogP contribution in [0.1, 0.15) is 39.4 Å². The zero-order valence-electron chi connectivity index (χ0n) is 10.3. The minimum Gasteiger partial charge on any atom is -0.467 e. The van der Waals surface area contributed by atoms with Gasteiger partial charge in [-0.15, -0.1) is 0 Å². The summed E-state index contributed by atoms with van der Waals surface area (Å²) in [4.78, 5) is 14.5. The van der Waals surface area contributed by atoms with E-state index in [0.29, 0.717) is 4.77 Å². The second-order valence-corrected chi connectivity index (χ2v) is 5.18. The molecule has 1 rings (SSSR count). The summed E-state index contributed by atoms with van der Waals surface area (Å²) in [6.45, 7) is 8.01. The summed E-state index contributed by atoms with van der Waals surface area (Å²) < 4.78 is 7.09. The maximum Gasteiger partial charge on any atom is 0.328 e. The van der Waals surface area contributed by atoms with E-state index >= 15 is 0 Å². The molecule has 0 spiro atoms. The molecule has 16 heavy (non-hydrogen) atoms. The first kappa shape index (κ1) is 13.0. The summed E-state index contributed by atoms with van der Waals surface area (Å²) in [5.41, 5.74) is 0.922. The van der Waals surface area contributed by atoms with E-state index in [0.717, 1.165) is 5.69 Å². The molecule has 1 heterocycles. The fourth-order valence-electron chi connectivity index (χ4n) is 1.62. The quantitative estimate of drug-likeness (QED) is 0.640. The Labute approximate surface area is 101 Å². The predicted molar refractivity (Wildman–Crippen MR) is 65.0 cm³/mol. The molecule has 0 radical (unpaired) electrons. The minimum atomic E-state index is -0.405. The summed E-state index contributed by atoms with van der Waals surface area (Å²) in [6, 6.07) is -0.405. The molecule has 0 aromatic carbocycles. The zero-order chi connectivity index (χ0) is 12.5. The fraction of sp³-hybridized carbons (Fsp3) is 0.636. The molecule has 1 aromatic heterocycles. The van der Waals surface area contributed by atoms with Gasteiger partial charge in [0.25, 0.3) is 0 Å². The molecule has 0 fully saturated rings. The number of methoxy groups -OCH3 is 1. The average molecular weight is 242 g/mol. The Morgan fingerprint density at radius 1 is 1.56 bits per heavy atom. The van der Waals surface area contributed by atoms with Gasteiger partial charge in [-0.3, -0.25) is 0 Å². The molecular weight excluding hydrogens is 224 g/mol. The van der Waals surface area contributed by atoms with Crippen molar-refractivity contribution in [2.24, 2.45) is 0 Å². The minimum absolute atomic E-state index is 0.0736. The first-order valence-corrected chi connectivity index (χ1v) is 5.58. The fourth-order valence-corrected chi connectivity index (χ4v) is 1.93. The molecular formula is C11H18N2O2S. The molecule has 0 saturated carbocycles. The second kappa shape index (κ2) is 4.41. The number of hydrogen-bond donors (Lipinski definition) is 1. The number of aromatic nitrogens is 2. The Bertz CT molecular complexity index is 440. The number of carbonyl (C=O) groups is 1. The molecule has 0 aliphatic rings. The third-order valence-corrected chi connectivity index (χ3v) is 2.82. The number of ether oxygens (including phenoxy) is 1. The van der Waals surface area contributed by atoms with E-state index < -0.39 is 6.04 Å². The summed E-state index contributed by atoms with van der Waals surface area (Å²) >= 11 is 5.18. The van der Waals surface area contributed by atoms with Gasteiger partial charge in [0, 0.05) is 17.3 Å². The Morgan fingerprint density at radius 2 is 2.12 bits per heavy atom. The molecule has 5 heteroatoms. The van der Waals surface area contributed by atoms with Gasteiger partial charge in [-0.1, -0.05) is 20.8 Å². The van der Waals surface area contributed by atoms with Gasteiger partial charge in [0.15, 0.2) is 4.77 Å². The van der Waals surface area contributed by atoms with Crippen LogP contribution in [0.25, 0.3) is 0 Å². The molecule has 1 atom stereocenters. The van der Waals surface area contributed by atoms with Gasteiger partial charge in [0.2, 0.25) is 0 Å². The topological polar surface area (TPSA) is 47.0 Å². The summed E-state index contributed by atoms with van der Waals surface area (Å²) in [6.07, 6.45) is 1.85. The number of nitrogens with one attached hydrogen (secondary N) is 1. The SMILES string of the molecule is COC(=O)C(C)n1c(C(C)(C)C)c[nH]c1=S. The van der Waals surface area contributed by atoms with Crippen molar-refractivity contribution >= 4 is 18.2 Å². The van der Waals surface area contributed by atoms with Crippen molar-refractivity contribution < 1.29 is 9.53 Å². The van der Waals surface area contributed by atoms with Crippen LogP contribution < -0.4 is 0 Å². The lowest BCUT2D eigenvalue weighted by atomic mass is 9.92. The van der Waals surface area contributed by atoms with Crippen molar-refractivity contribution in [3.05, 3.63) is 16.7 Å². The Kier molecular flexibility index (Phi) is 3.57. The van der Waals surface area contributed by atoms with E-state index in [1.54, 1.807) is 11.5 Å². The van der Waals surface area contributed by atoms with E-state index in [1.807, 2.05) is 6.20 Å². The van der Waals surface area contributed by atoms with Gasteiger partial charge in [0.1, 0.15) is 6.04 Å². The van der Waals surface area contributed by atoms with Crippen LogP contribution in [0.2, 0.25) is 0 Å². The van der Waals surface area contributed by atoms with Crippen LogP contribution in [0.5, 0.6) is 0 Å². The maximum absolute atomic E-state index is 11.5. The molecule has 90 valence electrons. The summed E-state index contributed by atoms with van der Waals surface area (Å²) in [5.74, 6) is -0.291. The van der Waals surface area contributed by atoms with Gasteiger partial charge in [-0.05, 0) is 19.1 Å².